The van der Waals surface area contributed by atoms with E-state index in [0.29, 0.717) is 5.56 Å². The van der Waals surface area contributed by atoms with E-state index in [1.807, 2.05) is 0 Å². The van der Waals surface area contributed by atoms with Gasteiger partial charge in [-0.3, -0.25) is 0 Å². The number of rotatable bonds is 2. The van der Waals surface area contributed by atoms with Crippen LogP contribution in [0.4, 0.5) is 8.78 Å². The molecule has 0 aliphatic carbocycles. The number of hydrogen-bond acceptors (Lipinski definition) is 0. The van der Waals surface area contributed by atoms with Crippen molar-refractivity contribution in [2.45, 2.75) is 19.3 Å². The summed E-state index contributed by atoms with van der Waals surface area (Å²) in [7, 11) is 0. The molecule has 0 spiro atoms. The van der Waals surface area contributed by atoms with Gasteiger partial charge >= 0.3 is 0 Å². The Morgan fingerprint density at radius 3 is 2.31 bits per heavy atom. The highest BCUT2D eigenvalue weighted by Crippen LogP contribution is 2.23. The minimum absolute atomic E-state index is 0.349. The lowest BCUT2D eigenvalue weighted by Gasteiger charge is -2.20. The van der Waals surface area contributed by atoms with Crippen molar-refractivity contribution in [3.8, 4) is 0 Å². The van der Waals surface area contributed by atoms with Crippen LogP contribution < -0.4 is 0 Å². The highest BCUT2D eigenvalue weighted by Gasteiger charge is 2.21. The Balaban J connectivity index is 3.10. The third-order valence-electron chi connectivity index (χ3n) is 2.06. The van der Waals surface area contributed by atoms with E-state index >= 15 is 0 Å². The van der Waals surface area contributed by atoms with E-state index in [0.717, 1.165) is 12.1 Å². The van der Waals surface area contributed by atoms with Gasteiger partial charge in [-0.2, -0.15) is 0 Å². The molecule has 1 nitrogen and oxygen atoms in total. The van der Waals surface area contributed by atoms with Crippen LogP contribution in [-0.4, -0.2) is 6.61 Å². The van der Waals surface area contributed by atoms with Crippen LogP contribution in [0.5, 0.6) is 0 Å². The normalized spacial score (nSPS) is 11.8. The minimum Gasteiger partial charge on any atom is -0.236 e. The van der Waals surface area contributed by atoms with Crippen LogP contribution in [0.1, 0.15) is 19.4 Å². The van der Waals surface area contributed by atoms with E-state index in [4.69, 9.17) is 0 Å². The molecule has 0 fully saturated rings. The average molecular weight is 185 g/mol. The van der Waals surface area contributed by atoms with Gasteiger partial charge in [0.25, 0.3) is 0 Å². The molecule has 1 rings (SSSR count). The zero-order valence-electron chi connectivity index (χ0n) is 7.60. The average Bonchev–Trinajstić information content (AvgIpc) is 2.09. The molecule has 13 heavy (non-hydrogen) atoms. The van der Waals surface area contributed by atoms with Crippen molar-refractivity contribution < 1.29 is 13.9 Å². The molecule has 3 heteroatoms. The van der Waals surface area contributed by atoms with Crippen LogP contribution >= 0.6 is 0 Å². The molecule has 1 radical (unpaired) electrons. The highest BCUT2D eigenvalue weighted by molar-refractivity contribution is 5.25. The van der Waals surface area contributed by atoms with Gasteiger partial charge in [-0.25, -0.2) is 13.9 Å². The van der Waals surface area contributed by atoms with E-state index < -0.39 is 17.0 Å². The lowest BCUT2D eigenvalue weighted by Crippen LogP contribution is -2.21. The van der Waals surface area contributed by atoms with E-state index in [9.17, 15) is 13.9 Å². The summed E-state index contributed by atoms with van der Waals surface area (Å²) in [5.41, 5.74) is -0.115. The predicted octanol–water partition coefficient (Wildman–Crippen LogP) is 2.67. The fourth-order valence-corrected chi connectivity index (χ4v) is 1.00. The molecule has 1 aromatic rings. The molecule has 71 valence electrons. The van der Waals surface area contributed by atoms with Crippen LogP contribution in [0.15, 0.2) is 18.2 Å². The topological polar surface area (TPSA) is 19.9 Å². The molecular formula is C10H11F2O. The van der Waals surface area contributed by atoms with Crippen molar-refractivity contribution in [1.82, 2.24) is 0 Å². The maximum Gasteiger partial charge on any atom is 0.159 e. The second-order valence-electron chi connectivity index (χ2n) is 3.66. The first-order chi connectivity index (χ1) is 5.97. The van der Waals surface area contributed by atoms with Gasteiger partial charge < -0.3 is 0 Å². The van der Waals surface area contributed by atoms with Crippen molar-refractivity contribution in [3.63, 3.8) is 0 Å². The zero-order valence-corrected chi connectivity index (χ0v) is 7.60. The van der Waals surface area contributed by atoms with Gasteiger partial charge in [0.05, 0.1) is 6.61 Å². The quantitative estimate of drug-likeness (QED) is 0.675. The third-order valence-corrected chi connectivity index (χ3v) is 2.06. The summed E-state index contributed by atoms with van der Waals surface area (Å²) in [6.07, 6.45) is 0. The summed E-state index contributed by atoms with van der Waals surface area (Å²) in [4.78, 5) is 0. The molecule has 0 unspecified atom stereocenters. The van der Waals surface area contributed by atoms with Crippen LogP contribution in [0.3, 0.4) is 0 Å². The molecular weight excluding hydrogens is 174 g/mol. The second kappa shape index (κ2) is 3.42. The molecule has 0 heterocycles. The van der Waals surface area contributed by atoms with E-state index in [1.54, 1.807) is 13.8 Å². The Labute approximate surface area is 76.0 Å². The Kier molecular flexibility index (Phi) is 2.66. The first kappa shape index (κ1) is 10.1. The van der Waals surface area contributed by atoms with Gasteiger partial charge in [0.1, 0.15) is 0 Å². The largest absolute Gasteiger partial charge is 0.236 e. The van der Waals surface area contributed by atoms with E-state index in [-0.39, 0.29) is 6.61 Å². The smallest absolute Gasteiger partial charge is 0.159 e. The first-order valence-electron chi connectivity index (χ1n) is 4.01. The monoisotopic (exact) mass is 185 g/mol. The summed E-state index contributed by atoms with van der Waals surface area (Å²) >= 11 is 0. The first-order valence-corrected chi connectivity index (χ1v) is 4.01. The van der Waals surface area contributed by atoms with Crippen molar-refractivity contribution in [2.24, 2.45) is 0 Å². The van der Waals surface area contributed by atoms with Crippen LogP contribution in [0.25, 0.3) is 0 Å². The van der Waals surface area contributed by atoms with Gasteiger partial charge in [-0.1, -0.05) is 19.9 Å². The van der Waals surface area contributed by atoms with Crippen LogP contribution in [0.2, 0.25) is 0 Å². The maximum atomic E-state index is 12.8. The number of benzene rings is 1. The fraction of sp³-hybridized carbons (Fsp3) is 0.400. The van der Waals surface area contributed by atoms with Gasteiger partial charge in [0.15, 0.2) is 11.6 Å². The minimum atomic E-state index is -0.904. The number of hydrogen-bond donors (Lipinski definition) is 0. The molecule has 1 aromatic carbocycles. The summed E-state index contributed by atoms with van der Waals surface area (Å²) in [5, 5.41) is 10.7. The number of halogens is 2. The van der Waals surface area contributed by atoms with Gasteiger partial charge in [-0.05, 0) is 17.7 Å². The fourth-order valence-electron chi connectivity index (χ4n) is 1.00. The van der Waals surface area contributed by atoms with Crippen LogP contribution in [0, 0.1) is 11.6 Å². The summed E-state index contributed by atoms with van der Waals surface area (Å²) in [5.74, 6) is -1.79. The molecule has 0 saturated carbocycles. The third kappa shape index (κ3) is 2.04. The van der Waals surface area contributed by atoms with Crippen LogP contribution in [-0.2, 0) is 10.5 Å². The van der Waals surface area contributed by atoms with E-state index in [2.05, 4.69) is 0 Å². The summed E-state index contributed by atoms with van der Waals surface area (Å²) in [6, 6.07) is 3.56. The van der Waals surface area contributed by atoms with Crippen molar-refractivity contribution in [1.29, 1.82) is 0 Å². The molecule has 0 aliphatic heterocycles. The maximum absolute atomic E-state index is 12.8. The standard InChI is InChI=1S/C10H11F2O/c1-10(2,6-13)7-3-4-8(11)9(12)5-7/h3-5H,6H2,1-2H3. The van der Waals surface area contributed by atoms with Gasteiger partial charge in [0.2, 0.25) is 0 Å². The molecule has 0 N–H and O–H groups in total. The lowest BCUT2D eigenvalue weighted by atomic mass is 9.86. The van der Waals surface area contributed by atoms with Gasteiger partial charge in [0, 0.05) is 5.41 Å². The summed E-state index contributed by atoms with van der Waals surface area (Å²) in [6.45, 7) is 3.05. The Hall–Kier alpha value is -0.960. The highest BCUT2D eigenvalue weighted by atomic mass is 19.2. The van der Waals surface area contributed by atoms with Crippen molar-refractivity contribution in [2.75, 3.05) is 6.61 Å². The molecule has 0 aliphatic rings. The Bertz CT molecular complexity index is 308. The predicted molar refractivity (Wildman–Crippen MR) is 44.9 cm³/mol. The van der Waals surface area contributed by atoms with E-state index in [1.165, 1.54) is 6.07 Å². The molecule has 0 atom stereocenters. The Morgan fingerprint density at radius 2 is 1.85 bits per heavy atom. The molecule has 0 aromatic heterocycles. The zero-order chi connectivity index (χ0) is 10.1. The lowest BCUT2D eigenvalue weighted by molar-refractivity contribution is 0.137. The summed E-state index contributed by atoms with van der Waals surface area (Å²) < 4.78 is 25.3. The SMILES string of the molecule is CC(C)(C[O])c1ccc(F)c(F)c1. The molecule has 0 bridgehead atoms. The van der Waals surface area contributed by atoms with Crippen molar-refractivity contribution in [3.05, 3.63) is 35.4 Å². The Morgan fingerprint density at radius 1 is 1.23 bits per heavy atom. The molecule has 0 saturated heterocycles. The van der Waals surface area contributed by atoms with Gasteiger partial charge in [-0.15, -0.1) is 0 Å². The second-order valence-corrected chi connectivity index (χ2v) is 3.66. The van der Waals surface area contributed by atoms with Crippen molar-refractivity contribution >= 4 is 0 Å². The molecule has 0 amide bonds.